The molecule has 0 saturated heterocycles. The molecule has 7 heteroatoms. The van der Waals surface area contributed by atoms with Crippen molar-refractivity contribution in [3.63, 3.8) is 0 Å². The second kappa shape index (κ2) is 10.5. The molecule has 2 N–H and O–H groups in total. The first-order chi connectivity index (χ1) is 15.6. The Bertz CT molecular complexity index is 984. The third-order valence-electron chi connectivity index (χ3n) is 6.00. The van der Waals surface area contributed by atoms with E-state index in [1.54, 1.807) is 0 Å². The Balaban J connectivity index is 1.38. The fourth-order valence-electron chi connectivity index (χ4n) is 4.53. The molecule has 1 saturated carbocycles. The van der Waals surface area contributed by atoms with E-state index in [9.17, 15) is 9.59 Å². The summed E-state index contributed by atoms with van der Waals surface area (Å²) >= 11 is 6.13. The standard InChI is InChI=1S/C26H33ClN2O4/c1-5-19-14-21(10-11-22(19)27)32-13-12-28-24(31)25(3)16-26(4,17-25)29-23(30)15-33-20-8-6-18(2)7-9-20/h6-11,14H,5,12-13,15-17H2,1-4H3,(H,28,31)(H,29,30). The molecule has 0 bridgehead atoms. The van der Waals surface area contributed by atoms with Gasteiger partial charge in [-0.2, -0.15) is 0 Å². The third kappa shape index (κ3) is 6.64. The number of rotatable bonds is 10. The largest absolute Gasteiger partial charge is 0.492 e. The molecule has 33 heavy (non-hydrogen) atoms. The van der Waals surface area contributed by atoms with Gasteiger partial charge >= 0.3 is 0 Å². The molecule has 178 valence electrons. The smallest absolute Gasteiger partial charge is 0.258 e. The second-order valence-corrected chi connectivity index (χ2v) is 9.74. The van der Waals surface area contributed by atoms with Crippen LogP contribution < -0.4 is 20.1 Å². The van der Waals surface area contributed by atoms with Crippen molar-refractivity contribution in [2.75, 3.05) is 19.8 Å². The van der Waals surface area contributed by atoms with Crippen LogP contribution in [0.1, 0.15) is 44.7 Å². The van der Waals surface area contributed by atoms with E-state index in [-0.39, 0.29) is 18.4 Å². The third-order valence-corrected chi connectivity index (χ3v) is 6.36. The normalized spacial score (nSPS) is 21.6. The van der Waals surface area contributed by atoms with Crippen molar-refractivity contribution in [3.05, 3.63) is 58.6 Å². The van der Waals surface area contributed by atoms with Crippen molar-refractivity contribution < 1.29 is 19.1 Å². The molecule has 0 aromatic heterocycles. The summed E-state index contributed by atoms with van der Waals surface area (Å²) in [6, 6.07) is 13.1. The zero-order valence-electron chi connectivity index (χ0n) is 19.8. The van der Waals surface area contributed by atoms with E-state index < -0.39 is 11.0 Å². The summed E-state index contributed by atoms with van der Waals surface area (Å²) in [7, 11) is 0. The van der Waals surface area contributed by atoms with E-state index in [0.29, 0.717) is 31.7 Å². The van der Waals surface area contributed by atoms with Crippen LogP contribution in [-0.2, 0) is 16.0 Å². The van der Waals surface area contributed by atoms with Gasteiger partial charge in [-0.3, -0.25) is 9.59 Å². The maximum absolute atomic E-state index is 12.7. The molecule has 0 atom stereocenters. The Morgan fingerprint density at radius 1 is 1.03 bits per heavy atom. The zero-order chi connectivity index (χ0) is 24.1. The van der Waals surface area contributed by atoms with Crippen LogP contribution in [0.15, 0.2) is 42.5 Å². The summed E-state index contributed by atoms with van der Waals surface area (Å²) < 4.78 is 11.3. The second-order valence-electron chi connectivity index (χ2n) is 9.34. The Morgan fingerprint density at radius 2 is 1.70 bits per heavy atom. The highest BCUT2D eigenvalue weighted by atomic mass is 35.5. The minimum Gasteiger partial charge on any atom is -0.492 e. The van der Waals surface area contributed by atoms with Gasteiger partial charge in [0.2, 0.25) is 5.91 Å². The first-order valence-corrected chi connectivity index (χ1v) is 11.7. The molecule has 2 aromatic carbocycles. The highest BCUT2D eigenvalue weighted by Crippen LogP contribution is 2.48. The van der Waals surface area contributed by atoms with Crippen LogP contribution >= 0.6 is 11.6 Å². The van der Waals surface area contributed by atoms with E-state index in [1.165, 1.54) is 0 Å². The molecule has 6 nitrogen and oxygen atoms in total. The van der Waals surface area contributed by atoms with Crippen molar-refractivity contribution >= 4 is 23.4 Å². The van der Waals surface area contributed by atoms with Gasteiger partial charge in [0.25, 0.3) is 5.91 Å². The Kier molecular flexibility index (Phi) is 7.90. The minimum atomic E-state index is -0.518. The lowest BCUT2D eigenvalue weighted by Gasteiger charge is -2.52. The predicted molar refractivity (Wildman–Crippen MR) is 130 cm³/mol. The Labute approximate surface area is 201 Å². The van der Waals surface area contributed by atoms with E-state index in [1.807, 2.05) is 70.2 Å². The summed E-state index contributed by atoms with van der Waals surface area (Å²) in [6.45, 7) is 8.65. The van der Waals surface area contributed by atoms with Crippen molar-refractivity contribution in [1.82, 2.24) is 10.6 Å². The molecule has 3 rings (SSSR count). The average Bonchev–Trinajstić information content (AvgIpc) is 2.76. The van der Waals surface area contributed by atoms with E-state index in [0.717, 1.165) is 28.3 Å². The number of nitrogens with one attached hydrogen (secondary N) is 2. The zero-order valence-corrected chi connectivity index (χ0v) is 20.6. The lowest BCUT2D eigenvalue weighted by molar-refractivity contribution is -0.143. The molecule has 2 aromatic rings. The molecule has 0 radical (unpaired) electrons. The van der Waals surface area contributed by atoms with Crippen LogP contribution in [0.3, 0.4) is 0 Å². The predicted octanol–water partition coefficient (Wildman–Crippen LogP) is 4.46. The van der Waals surface area contributed by atoms with Crippen LogP contribution in [-0.4, -0.2) is 37.1 Å². The first-order valence-electron chi connectivity index (χ1n) is 11.3. The van der Waals surface area contributed by atoms with Gasteiger partial charge in [0.1, 0.15) is 18.1 Å². The number of ether oxygens (including phenoxy) is 2. The summed E-state index contributed by atoms with van der Waals surface area (Å²) in [5.41, 5.74) is 1.23. The van der Waals surface area contributed by atoms with Crippen molar-refractivity contribution in [2.45, 2.75) is 52.5 Å². The number of hydrogen-bond donors (Lipinski definition) is 2. The highest BCUT2D eigenvalue weighted by Gasteiger charge is 2.53. The van der Waals surface area contributed by atoms with Gasteiger partial charge in [-0.1, -0.05) is 43.1 Å². The summed E-state index contributed by atoms with van der Waals surface area (Å²) in [5, 5.41) is 6.69. The van der Waals surface area contributed by atoms with E-state index >= 15 is 0 Å². The monoisotopic (exact) mass is 472 g/mol. The van der Waals surface area contributed by atoms with Crippen LogP contribution in [0.25, 0.3) is 0 Å². The quantitative estimate of drug-likeness (QED) is 0.500. The lowest BCUT2D eigenvalue weighted by Crippen LogP contribution is -2.64. The molecule has 0 unspecified atom stereocenters. The average molecular weight is 473 g/mol. The Morgan fingerprint density at radius 3 is 2.36 bits per heavy atom. The highest BCUT2D eigenvalue weighted by molar-refractivity contribution is 6.31. The number of halogens is 1. The van der Waals surface area contributed by atoms with Crippen LogP contribution in [0.4, 0.5) is 0 Å². The summed E-state index contributed by atoms with van der Waals surface area (Å²) in [4.78, 5) is 25.0. The van der Waals surface area contributed by atoms with Crippen LogP contribution in [0.2, 0.25) is 5.02 Å². The number of benzene rings is 2. The maximum atomic E-state index is 12.7. The van der Waals surface area contributed by atoms with Gasteiger partial charge in [0, 0.05) is 10.6 Å². The fourth-order valence-corrected chi connectivity index (χ4v) is 4.79. The summed E-state index contributed by atoms with van der Waals surface area (Å²) in [5.74, 6) is 1.18. The van der Waals surface area contributed by atoms with Gasteiger partial charge in [0.05, 0.1) is 12.0 Å². The van der Waals surface area contributed by atoms with Gasteiger partial charge in [-0.15, -0.1) is 0 Å². The van der Waals surface area contributed by atoms with Gasteiger partial charge in [0.15, 0.2) is 6.61 Å². The number of carbonyl (C=O) groups excluding carboxylic acids is 2. The number of aryl methyl sites for hydroxylation is 2. The molecule has 1 aliphatic rings. The topological polar surface area (TPSA) is 76.7 Å². The van der Waals surface area contributed by atoms with E-state index in [2.05, 4.69) is 10.6 Å². The lowest BCUT2D eigenvalue weighted by atomic mass is 9.58. The van der Waals surface area contributed by atoms with Crippen LogP contribution in [0, 0.1) is 12.3 Å². The van der Waals surface area contributed by atoms with Gasteiger partial charge in [-0.05, 0) is 69.0 Å². The van der Waals surface area contributed by atoms with E-state index in [4.69, 9.17) is 21.1 Å². The number of hydrogen-bond acceptors (Lipinski definition) is 4. The molecule has 2 amide bonds. The van der Waals surface area contributed by atoms with Crippen molar-refractivity contribution in [2.24, 2.45) is 5.41 Å². The van der Waals surface area contributed by atoms with Crippen molar-refractivity contribution in [1.29, 1.82) is 0 Å². The number of amides is 2. The molecular weight excluding hydrogens is 440 g/mol. The SMILES string of the molecule is CCc1cc(OCCNC(=O)C2(C)CC(C)(NC(=O)COc3ccc(C)cc3)C2)ccc1Cl. The van der Waals surface area contributed by atoms with Gasteiger partial charge in [-0.25, -0.2) is 0 Å². The number of carbonyl (C=O) groups is 2. The molecular formula is C26H33ClN2O4. The molecule has 1 aliphatic carbocycles. The first kappa shape index (κ1) is 24.9. The maximum Gasteiger partial charge on any atom is 0.258 e. The summed E-state index contributed by atoms with van der Waals surface area (Å²) in [6.07, 6.45) is 1.97. The minimum absolute atomic E-state index is 0.0286. The molecule has 0 spiro atoms. The molecule has 0 aliphatic heterocycles. The fraction of sp³-hybridized carbons (Fsp3) is 0.462. The van der Waals surface area contributed by atoms with Crippen LogP contribution in [0.5, 0.6) is 11.5 Å². The van der Waals surface area contributed by atoms with Gasteiger partial charge < -0.3 is 20.1 Å². The molecule has 1 fully saturated rings. The van der Waals surface area contributed by atoms with Crippen molar-refractivity contribution in [3.8, 4) is 11.5 Å². The Hall–Kier alpha value is -2.73. The molecule has 0 heterocycles.